The molecule has 7 heteroatoms. The Hall–Kier alpha value is -3.84. The lowest BCUT2D eigenvalue weighted by Crippen LogP contribution is -2.00. The summed E-state index contributed by atoms with van der Waals surface area (Å²) in [5, 5.41) is 0. The van der Waals surface area contributed by atoms with Gasteiger partial charge in [-0.25, -0.2) is 23.4 Å². The molecule has 0 unspecified atom stereocenters. The molecule has 0 radical (unpaired) electrons. The maximum Gasteiger partial charge on any atom is 0.198 e. The Balaban J connectivity index is 1.65. The van der Waals surface area contributed by atoms with Gasteiger partial charge in [0, 0.05) is 29.9 Å². The van der Waals surface area contributed by atoms with Crippen molar-refractivity contribution in [1.29, 1.82) is 0 Å². The van der Waals surface area contributed by atoms with Gasteiger partial charge in [0.15, 0.2) is 21.1 Å². The minimum Gasteiger partial charge on any atom is -0.275 e. The van der Waals surface area contributed by atoms with Crippen LogP contribution in [0.25, 0.3) is 39.5 Å². The van der Waals surface area contributed by atoms with E-state index < -0.39 is 9.84 Å². The molecule has 0 saturated heterocycles. The van der Waals surface area contributed by atoms with Gasteiger partial charge in [0.05, 0.1) is 4.90 Å². The van der Waals surface area contributed by atoms with Gasteiger partial charge in [-0.3, -0.25) is 4.57 Å². The predicted molar refractivity (Wildman–Crippen MR) is 121 cm³/mol. The van der Waals surface area contributed by atoms with Gasteiger partial charge in [-0.05, 0) is 47.5 Å². The average molecular weight is 427 g/mol. The lowest BCUT2D eigenvalue weighted by Gasteiger charge is -2.10. The molecule has 0 aliphatic heterocycles. The van der Waals surface area contributed by atoms with Gasteiger partial charge in [-0.15, -0.1) is 0 Å². The molecule has 2 heterocycles. The summed E-state index contributed by atoms with van der Waals surface area (Å²) in [6, 6.07) is 25.0. The fourth-order valence-corrected chi connectivity index (χ4v) is 4.16. The Morgan fingerprint density at radius 2 is 1.32 bits per heavy atom. The second-order valence-electron chi connectivity index (χ2n) is 7.18. The predicted octanol–water partition coefficient (Wildman–Crippen LogP) is 4.55. The highest BCUT2D eigenvalue weighted by molar-refractivity contribution is 7.90. The molecular formula is C24H18N4O2S. The Morgan fingerprint density at radius 1 is 0.710 bits per heavy atom. The van der Waals surface area contributed by atoms with E-state index in [0.717, 1.165) is 22.4 Å². The van der Waals surface area contributed by atoms with Crippen LogP contribution in [0.3, 0.4) is 0 Å². The van der Waals surface area contributed by atoms with E-state index in [1.165, 1.54) is 6.26 Å². The van der Waals surface area contributed by atoms with Crippen LogP contribution >= 0.6 is 0 Å². The molecule has 31 heavy (non-hydrogen) atoms. The fourth-order valence-electron chi connectivity index (χ4n) is 3.53. The van der Waals surface area contributed by atoms with E-state index in [1.807, 2.05) is 34.9 Å². The summed E-state index contributed by atoms with van der Waals surface area (Å²) in [6.45, 7) is 0. The van der Waals surface area contributed by atoms with Crippen LogP contribution in [-0.4, -0.2) is 34.2 Å². The van der Waals surface area contributed by atoms with Crippen LogP contribution in [0.2, 0.25) is 0 Å². The van der Waals surface area contributed by atoms with E-state index in [-0.39, 0.29) is 4.90 Å². The van der Waals surface area contributed by atoms with Crippen molar-refractivity contribution in [2.45, 2.75) is 4.90 Å². The summed E-state index contributed by atoms with van der Waals surface area (Å²) in [5.41, 5.74) is 5.08. The lowest BCUT2D eigenvalue weighted by molar-refractivity contribution is 0.602. The highest BCUT2D eigenvalue weighted by Gasteiger charge is 2.17. The van der Waals surface area contributed by atoms with Gasteiger partial charge in [0.2, 0.25) is 0 Å². The Morgan fingerprint density at radius 3 is 2.00 bits per heavy atom. The molecule has 6 nitrogen and oxygen atoms in total. The Bertz CT molecular complexity index is 1470. The minimum atomic E-state index is -3.27. The molecule has 152 valence electrons. The van der Waals surface area contributed by atoms with Crippen LogP contribution in [0.4, 0.5) is 0 Å². The molecule has 0 spiro atoms. The van der Waals surface area contributed by atoms with Crippen molar-refractivity contribution in [3.63, 3.8) is 0 Å². The molecule has 0 bridgehead atoms. The summed E-state index contributed by atoms with van der Waals surface area (Å²) in [7, 11) is -3.27. The van der Waals surface area contributed by atoms with E-state index in [1.54, 1.807) is 36.7 Å². The number of sulfone groups is 1. The second-order valence-corrected chi connectivity index (χ2v) is 9.20. The second kappa shape index (κ2) is 7.45. The van der Waals surface area contributed by atoms with Crippen LogP contribution in [0, 0.1) is 0 Å². The molecular weight excluding hydrogens is 408 g/mol. The number of fused-ring (bicyclic) bond motifs is 1. The van der Waals surface area contributed by atoms with E-state index in [2.05, 4.69) is 39.2 Å². The van der Waals surface area contributed by atoms with Crippen molar-refractivity contribution < 1.29 is 8.42 Å². The number of rotatable bonds is 4. The summed E-state index contributed by atoms with van der Waals surface area (Å²) >= 11 is 0. The normalized spacial score (nSPS) is 11.6. The zero-order chi connectivity index (χ0) is 21.4. The van der Waals surface area contributed by atoms with Gasteiger partial charge in [-0.1, -0.05) is 42.5 Å². The first kappa shape index (κ1) is 19.1. The SMILES string of the molecule is CS(=O)(=O)c1ccc(-c2nc3nccnc3n2-c2ccc(-c3ccccc3)cc2)cc1. The van der Waals surface area contributed by atoms with Crippen LogP contribution in [0.1, 0.15) is 0 Å². The number of hydrogen-bond donors (Lipinski definition) is 0. The highest BCUT2D eigenvalue weighted by atomic mass is 32.2. The first-order chi connectivity index (χ1) is 15.0. The highest BCUT2D eigenvalue weighted by Crippen LogP contribution is 2.29. The van der Waals surface area contributed by atoms with E-state index in [9.17, 15) is 8.42 Å². The zero-order valence-electron chi connectivity index (χ0n) is 16.7. The van der Waals surface area contributed by atoms with Crippen molar-refractivity contribution in [2.24, 2.45) is 0 Å². The third kappa shape index (κ3) is 3.60. The van der Waals surface area contributed by atoms with Crippen molar-refractivity contribution in [3.05, 3.63) is 91.3 Å². The number of aromatic nitrogens is 4. The summed E-state index contributed by atoms with van der Waals surface area (Å²) in [6.07, 6.45) is 4.43. The van der Waals surface area contributed by atoms with Crippen molar-refractivity contribution in [1.82, 2.24) is 19.5 Å². The van der Waals surface area contributed by atoms with Gasteiger partial charge < -0.3 is 0 Å². The molecule has 0 fully saturated rings. The molecule has 0 aliphatic carbocycles. The average Bonchev–Trinajstić information content (AvgIpc) is 3.19. The maximum atomic E-state index is 11.8. The van der Waals surface area contributed by atoms with Crippen LogP contribution in [-0.2, 0) is 9.84 Å². The van der Waals surface area contributed by atoms with Gasteiger partial charge in [-0.2, -0.15) is 0 Å². The van der Waals surface area contributed by atoms with Gasteiger partial charge in [0.25, 0.3) is 0 Å². The molecule has 5 aromatic rings. The Labute approximate surface area is 179 Å². The Kier molecular flexibility index (Phi) is 4.60. The standard InChI is InChI=1S/C24H18N4O2S/c1-31(29,30)21-13-9-19(10-14-21)23-27-22-24(26-16-15-25-22)28(23)20-11-7-18(8-12-20)17-5-3-2-4-6-17/h2-16H,1H3. The summed E-state index contributed by atoms with van der Waals surface area (Å²) < 4.78 is 25.6. The van der Waals surface area contributed by atoms with Crippen molar-refractivity contribution in [2.75, 3.05) is 6.26 Å². The third-order valence-corrected chi connectivity index (χ3v) is 6.20. The first-order valence-corrected chi connectivity index (χ1v) is 11.6. The smallest absolute Gasteiger partial charge is 0.198 e. The molecule has 0 amide bonds. The van der Waals surface area contributed by atoms with Crippen LogP contribution in [0.5, 0.6) is 0 Å². The van der Waals surface area contributed by atoms with E-state index in [0.29, 0.717) is 17.1 Å². The first-order valence-electron chi connectivity index (χ1n) is 9.66. The van der Waals surface area contributed by atoms with E-state index >= 15 is 0 Å². The third-order valence-electron chi connectivity index (χ3n) is 5.07. The fraction of sp³-hybridized carbons (Fsp3) is 0.0417. The molecule has 0 N–H and O–H groups in total. The molecule has 0 atom stereocenters. The number of benzene rings is 3. The topological polar surface area (TPSA) is 77.7 Å². The molecule has 2 aromatic heterocycles. The largest absolute Gasteiger partial charge is 0.275 e. The lowest BCUT2D eigenvalue weighted by atomic mass is 10.1. The van der Waals surface area contributed by atoms with E-state index in [4.69, 9.17) is 0 Å². The monoisotopic (exact) mass is 426 g/mol. The number of hydrogen-bond acceptors (Lipinski definition) is 5. The zero-order valence-corrected chi connectivity index (χ0v) is 17.5. The molecule has 0 saturated carbocycles. The molecule has 0 aliphatic rings. The number of nitrogens with zero attached hydrogens (tertiary/aromatic N) is 4. The quantitative estimate of drug-likeness (QED) is 0.421. The molecule has 3 aromatic carbocycles. The van der Waals surface area contributed by atoms with Crippen molar-refractivity contribution in [3.8, 4) is 28.2 Å². The number of imidazole rings is 1. The van der Waals surface area contributed by atoms with Gasteiger partial charge in [0.1, 0.15) is 5.82 Å². The summed E-state index contributed by atoms with van der Waals surface area (Å²) in [4.78, 5) is 13.8. The van der Waals surface area contributed by atoms with Crippen LogP contribution < -0.4 is 0 Å². The van der Waals surface area contributed by atoms with Crippen LogP contribution in [0.15, 0.2) is 96.2 Å². The van der Waals surface area contributed by atoms with Gasteiger partial charge >= 0.3 is 0 Å². The molecule has 5 rings (SSSR count). The van der Waals surface area contributed by atoms with Crippen molar-refractivity contribution >= 4 is 21.1 Å². The summed E-state index contributed by atoms with van der Waals surface area (Å²) in [5.74, 6) is 0.647. The minimum absolute atomic E-state index is 0.266. The maximum absolute atomic E-state index is 11.8.